The van der Waals surface area contributed by atoms with Gasteiger partial charge in [0.15, 0.2) is 5.11 Å². The predicted molar refractivity (Wildman–Crippen MR) is 116 cm³/mol. The molecule has 6 nitrogen and oxygen atoms in total. The summed E-state index contributed by atoms with van der Waals surface area (Å²) in [5.74, 6) is 1.14. The van der Waals surface area contributed by atoms with Crippen molar-refractivity contribution in [1.29, 1.82) is 0 Å². The van der Waals surface area contributed by atoms with Gasteiger partial charge in [0.1, 0.15) is 5.75 Å². The molecule has 0 radical (unpaired) electrons. The van der Waals surface area contributed by atoms with Crippen LogP contribution in [0.2, 0.25) is 0 Å². The Morgan fingerprint density at radius 1 is 1.14 bits per heavy atom. The zero-order valence-corrected chi connectivity index (χ0v) is 18.4. The van der Waals surface area contributed by atoms with Crippen LogP contribution in [0.5, 0.6) is 5.75 Å². The number of nitrogens with zero attached hydrogens (tertiary/aromatic N) is 1. The maximum Gasteiger partial charge on any atom is 0.243 e. The number of thiocarbonyl (C=S) groups is 1. The summed E-state index contributed by atoms with van der Waals surface area (Å²) in [6.45, 7) is 3.40. The third kappa shape index (κ3) is 4.96. The maximum atomic E-state index is 13.0. The second-order valence-electron chi connectivity index (χ2n) is 7.79. The molecule has 156 valence electrons. The minimum atomic E-state index is -3.51. The van der Waals surface area contributed by atoms with Gasteiger partial charge in [-0.2, -0.15) is 4.31 Å². The molecule has 0 aromatic heterocycles. The minimum Gasteiger partial charge on any atom is -0.495 e. The topological polar surface area (TPSA) is 70.7 Å². The summed E-state index contributed by atoms with van der Waals surface area (Å²) in [4.78, 5) is 0.270. The van der Waals surface area contributed by atoms with Crippen LogP contribution in [0.25, 0.3) is 0 Å². The Balaban J connectivity index is 1.76. The Kier molecular flexibility index (Phi) is 7.17. The number of sulfonamides is 1. The highest BCUT2D eigenvalue weighted by Crippen LogP contribution is 2.30. The predicted octanol–water partition coefficient (Wildman–Crippen LogP) is 3.73. The molecule has 1 aliphatic heterocycles. The van der Waals surface area contributed by atoms with Crippen LogP contribution in [-0.4, -0.2) is 44.1 Å². The number of anilines is 1. The van der Waals surface area contributed by atoms with E-state index in [1.54, 1.807) is 29.6 Å². The molecule has 0 spiro atoms. The quantitative estimate of drug-likeness (QED) is 0.701. The van der Waals surface area contributed by atoms with Gasteiger partial charge in [0.25, 0.3) is 0 Å². The van der Waals surface area contributed by atoms with Gasteiger partial charge in [0.05, 0.1) is 17.7 Å². The molecule has 1 aromatic rings. The molecule has 0 amide bonds. The molecule has 3 rings (SSSR count). The summed E-state index contributed by atoms with van der Waals surface area (Å²) < 4.78 is 33.0. The molecule has 2 fully saturated rings. The number of methoxy groups -OCH3 is 1. The van der Waals surface area contributed by atoms with Crippen molar-refractivity contribution in [1.82, 2.24) is 9.62 Å². The van der Waals surface area contributed by atoms with Crippen molar-refractivity contribution >= 4 is 33.0 Å². The second-order valence-corrected chi connectivity index (χ2v) is 10.1. The second kappa shape index (κ2) is 9.41. The Morgan fingerprint density at radius 2 is 1.86 bits per heavy atom. The smallest absolute Gasteiger partial charge is 0.243 e. The first-order valence-corrected chi connectivity index (χ1v) is 12.0. The summed E-state index contributed by atoms with van der Waals surface area (Å²) in [6, 6.07) is 5.26. The van der Waals surface area contributed by atoms with E-state index in [0.717, 1.165) is 25.7 Å². The van der Waals surface area contributed by atoms with Gasteiger partial charge < -0.3 is 15.4 Å². The third-order valence-corrected chi connectivity index (χ3v) is 7.91. The van der Waals surface area contributed by atoms with Gasteiger partial charge in [-0.1, -0.05) is 26.2 Å². The summed E-state index contributed by atoms with van der Waals surface area (Å²) in [7, 11) is -1.94. The molecular weight excluding hydrogens is 394 g/mol. The van der Waals surface area contributed by atoms with Crippen molar-refractivity contribution in [3.8, 4) is 5.75 Å². The van der Waals surface area contributed by atoms with Crippen LogP contribution in [0.1, 0.15) is 51.9 Å². The van der Waals surface area contributed by atoms with Gasteiger partial charge in [0.2, 0.25) is 10.0 Å². The van der Waals surface area contributed by atoms with Crippen molar-refractivity contribution in [2.24, 2.45) is 5.92 Å². The van der Waals surface area contributed by atoms with E-state index in [1.807, 2.05) is 0 Å². The summed E-state index contributed by atoms with van der Waals surface area (Å²) in [6.07, 6.45) is 7.68. The number of hydrogen-bond acceptors (Lipinski definition) is 4. The fraction of sp³-hybridized carbons (Fsp3) is 0.650. The van der Waals surface area contributed by atoms with Crippen LogP contribution in [-0.2, 0) is 10.0 Å². The molecule has 2 atom stereocenters. The molecule has 1 saturated heterocycles. The van der Waals surface area contributed by atoms with E-state index in [0.29, 0.717) is 41.6 Å². The van der Waals surface area contributed by atoms with E-state index >= 15 is 0 Å². The van der Waals surface area contributed by atoms with Gasteiger partial charge in [0, 0.05) is 19.1 Å². The van der Waals surface area contributed by atoms with Crippen LogP contribution in [0, 0.1) is 5.92 Å². The van der Waals surface area contributed by atoms with Gasteiger partial charge >= 0.3 is 0 Å². The monoisotopic (exact) mass is 425 g/mol. The van der Waals surface area contributed by atoms with E-state index in [-0.39, 0.29) is 4.90 Å². The van der Waals surface area contributed by atoms with E-state index in [1.165, 1.54) is 19.3 Å². The first-order valence-electron chi connectivity index (χ1n) is 10.2. The first kappa shape index (κ1) is 21.3. The molecule has 0 bridgehead atoms. The minimum absolute atomic E-state index is 0.270. The van der Waals surface area contributed by atoms with Crippen molar-refractivity contribution < 1.29 is 13.2 Å². The highest BCUT2D eigenvalue weighted by molar-refractivity contribution is 7.89. The molecule has 1 aliphatic carbocycles. The van der Waals surface area contributed by atoms with Gasteiger partial charge in [-0.25, -0.2) is 8.42 Å². The standard InChI is InChI=1S/C20H31N3O3S2/c1-15-8-4-5-9-17(15)21-20(27)22-18-14-16(10-11-19(18)26-2)28(24,25)23-12-6-3-7-13-23/h10-11,14-15,17H,3-9,12-13H2,1-2H3,(H2,21,22,27)/t15-,17+/m0/s1. The maximum absolute atomic E-state index is 13.0. The lowest BCUT2D eigenvalue weighted by atomic mass is 9.86. The van der Waals surface area contributed by atoms with Gasteiger partial charge in [-0.05, 0) is 62.0 Å². The highest BCUT2D eigenvalue weighted by atomic mass is 32.2. The number of ether oxygens (including phenoxy) is 1. The lowest BCUT2D eigenvalue weighted by molar-refractivity contribution is 0.309. The molecule has 28 heavy (non-hydrogen) atoms. The molecule has 8 heteroatoms. The third-order valence-electron chi connectivity index (χ3n) is 5.80. The van der Waals surface area contributed by atoms with E-state index in [2.05, 4.69) is 17.6 Å². The molecule has 1 heterocycles. The van der Waals surface area contributed by atoms with Crippen molar-refractivity contribution in [2.75, 3.05) is 25.5 Å². The molecular formula is C20H31N3O3S2. The Labute approximate surface area is 174 Å². The number of piperidine rings is 1. The molecule has 2 aliphatic rings. The zero-order chi connectivity index (χ0) is 20.1. The van der Waals surface area contributed by atoms with Crippen LogP contribution < -0.4 is 15.4 Å². The van der Waals surface area contributed by atoms with E-state index in [4.69, 9.17) is 17.0 Å². The molecule has 1 aromatic carbocycles. The average molecular weight is 426 g/mol. The highest BCUT2D eigenvalue weighted by Gasteiger charge is 2.27. The van der Waals surface area contributed by atoms with Crippen molar-refractivity contribution in [3.05, 3.63) is 18.2 Å². The van der Waals surface area contributed by atoms with Crippen molar-refractivity contribution in [3.63, 3.8) is 0 Å². The lowest BCUT2D eigenvalue weighted by Gasteiger charge is -2.30. The number of benzene rings is 1. The SMILES string of the molecule is COc1ccc(S(=O)(=O)N2CCCCC2)cc1NC(=S)N[C@@H]1CCCC[C@@H]1C. The lowest BCUT2D eigenvalue weighted by Crippen LogP contribution is -2.43. The van der Waals surface area contributed by atoms with Crippen LogP contribution in [0.4, 0.5) is 5.69 Å². The Morgan fingerprint density at radius 3 is 2.54 bits per heavy atom. The number of hydrogen-bond donors (Lipinski definition) is 2. The number of rotatable bonds is 5. The van der Waals surface area contributed by atoms with Crippen LogP contribution in [0.15, 0.2) is 23.1 Å². The Hall–Kier alpha value is -1.38. The summed E-state index contributed by atoms with van der Waals surface area (Å²) in [5.41, 5.74) is 0.571. The molecule has 2 N–H and O–H groups in total. The Bertz CT molecular complexity index is 792. The molecule has 1 saturated carbocycles. The number of nitrogens with one attached hydrogen (secondary N) is 2. The zero-order valence-electron chi connectivity index (χ0n) is 16.7. The largest absolute Gasteiger partial charge is 0.495 e. The average Bonchev–Trinajstić information content (AvgIpc) is 2.70. The van der Waals surface area contributed by atoms with Gasteiger partial charge in [-0.15, -0.1) is 0 Å². The molecule has 0 unspecified atom stereocenters. The fourth-order valence-corrected chi connectivity index (χ4v) is 5.86. The first-order chi connectivity index (χ1) is 13.4. The van der Waals surface area contributed by atoms with Gasteiger partial charge in [-0.3, -0.25) is 0 Å². The van der Waals surface area contributed by atoms with Crippen molar-refractivity contribution in [2.45, 2.75) is 62.8 Å². The van der Waals surface area contributed by atoms with E-state index in [9.17, 15) is 8.42 Å². The van der Waals surface area contributed by atoms with Crippen LogP contribution >= 0.6 is 12.2 Å². The summed E-state index contributed by atoms with van der Waals surface area (Å²) >= 11 is 5.50. The normalized spacial score (nSPS) is 23.8. The van der Waals surface area contributed by atoms with E-state index < -0.39 is 10.0 Å². The summed E-state index contributed by atoms with van der Waals surface area (Å²) in [5, 5.41) is 7.06. The van der Waals surface area contributed by atoms with Crippen LogP contribution in [0.3, 0.4) is 0 Å². The fourth-order valence-electron chi connectivity index (χ4n) is 4.06.